The summed E-state index contributed by atoms with van der Waals surface area (Å²) in [7, 11) is 0. The normalized spacial score (nSPS) is 10.3. The Morgan fingerprint density at radius 2 is 1.92 bits per heavy atom. The van der Waals surface area contributed by atoms with Gasteiger partial charge in [-0.3, -0.25) is 9.78 Å². The average molecular weight is 347 g/mol. The van der Waals surface area contributed by atoms with E-state index < -0.39 is 0 Å². The van der Waals surface area contributed by atoms with Crippen LogP contribution in [-0.2, 0) is 0 Å². The van der Waals surface area contributed by atoms with Gasteiger partial charge in [-0.15, -0.1) is 0 Å². The first-order valence-corrected chi connectivity index (χ1v) is 8.22. The molecule has 130 valence electrons. The van der Waals surface area contributed by atoms with Crippen LogP contribution in [0.1, 0.15) is 23.8 Å². The van der Waals surface area contributed by atoms with E-state index in [1.807, 2.05) is 6.92 Å². The Kier molecular flexibility index (Phi) is 5.34. The molecule has 7 nitrogen and oxygen atoms in total. The van der Waals surface area contributed by atoms with Crippen molar-refractivity contribution in [2.24, 2.45) is 0 Å². The lowest BCUT2D eigenvalue weighted by molar-refractivity contribution is 0.0983. The number of carbonyl (C=O) groups is 1. The van der Waals surface area contributed by atoms with Gasteiger partial charge in [0.05, 0.1) is 19.1 Å². The number of nitrogens with zero attached hydrogens (tertiary/aromatic N) is 5. The molecule has 0 aliphatic carbocycles. The van der Waals surface area contributed by atoms with Gasteiger partial charge in [0.15, 0.2) is 5.65 Å². The predicted octanol–water partition coefficient (Wildman–Crippen LogP) is 2.98. The minimum Gasteiger partial charge on any atom is -0.494 e. The lowest BCUT2D eigenvalue weighted by Crippen LogP contribution is -2.32. The number of hydrogen-bond donors (Lipinski definition) is 0. The highest BCUT2D eigenvalue weighted by atomic mass is 16.5. The highest BCUT2D eigenvalue weighted by Crippen LogP contribution is 2.22. The van der Waals surface area contributed by atoms with Crippen LogP contribution in [0.5, 0.6) is 5.75 Å². The molecule has 2 aromatic heterocycles. The van der Waals surface area contributed by atoms with Crippen LogP contribution in [0.15, 0.2) is 48.8 Å². The van der Waals surface area contributed by atoms with Gasteiger partial charge in [0.2, 0.25) is 0 Å². The zero-order valence-corrected chi connectivity index (χ0v) is 14.3. The topological polar surface area (TPSA) is 92.0 Å². The zero-order valence-electron chi connectivity index (χ0n) is 14.3. The number of hydrogen-bond acceptors (Lipinski definition) is 6. The molecule has 3 rings (SSSR count). The van der Waals surface area contributed by atoms with Crippen molar-refractivity contribution in [1.82, 2.24) is 15.0 Å². The Bertz CT molecular complexity index is 950. The van der Waals surface area contributed by atoms with Crippen LogP contribution in [0.2, 0.25) is 0 Å². The molecule has 0 saturated heterocycles. The molecule has 0 unspecified atom stereocenters. The van der Waals surface area contributed by atoms with Crippen LogP contribution >= 0.6 is 0 Å². The van der Waals surface area contributed by atoms with Gasteiger partial charge in [0.25, 0.3) is 5.91 Å². The van der Waals surface area contributed by atoms with Crippen molar-refractivity contribution >= 4 is 22.8 Å². The van der Waals surface area contributed by atoms with Crippen molar-refractivity contribution in [1.29, 1.82) is 5.26 Å². The summed E-state index contributed by atoms with van der Waals surface area (Å²) in [6.45, 7) is 2.74. The second-order valence-electron chi connectivity index (χ2n) is 5.39. The van der Waals surface area contributed by atoms with Crippen molar-refractivity contribution in [3.8, 4) is 11.8 Å². The first-order chi connectivity index (χ1) is 12.7. The number of amides is 1. The Morgan fingerprint density at radius 1 is 1.15 bits per heavy atom. The number of ether oxygens (including phenoxy) is 1. The number of benzene rings is 1. The molecule has 0 atom stereocenters. The van der Waals surface area contributed by atoms with Crippen LogP contribution in [0.4, 0.5) is 5.69 Å². The van der Waals surface area contributed by atoms with Gasteiger partial charge < -0.3 is 9.64 Å². The second-order valence-corrected chi connectivity index (χ2v) is 5.39. The SMILES string of the molecule is CCOc1ccc(N(CCC#N)C(=O)c2ccc3nccnc3n2)cc1. The van der Waals surface area contributed by atoms with E-state index in [9.17, 15) is 4.79 Å². The molecule has 2 heterocycles. The molecule has 0 fully saturated rings. The number of nitriles is 1. The fourth-order valence-electron chi connectivity index (χ4n) is 2.51. The van der Waals surface area contributed by atoms with Crippen molar-refractivity contribution < 1.29 is 9.53 Å². The number of rotatable bonds is 6. The van der Waals surface area contributed by atoms with Crippen molar-refractivity contribution in [2.75, 3.05) is 18.1 Å². The molecule has 0 bridgehead atoms. The molecule has 7 heteroatoms. The number of carbonyl (C=O) groups excluding carboxylic acids is 1. The van der Waals surface area contributed by atoms with Gasteiger partial charge >= 0.3 is 0 Å². The zero-order chi connectivity index (χ0) is 18.4. The minimum absolute atomic E-state index is 0.215. The monoisotopic (exact) mass is 347 g/mol. The van der Waals surface area contributed by atoms with Gasteiger partial charge in [-0.05, 0) is 43.3 Å². The van der Waals surface area contributed by atoms with E-state index in [1.165, 1.54) is 11.1 Å². The molecule has 26 heavy (non-hydrogen) atoms. The molecule has 0 radical (unpaired) electrons. The van der Waals surface area contributed by atoms with Crippen molar-refractivity contribution in [2.45, 2.75) is 13.3 Å². The minimum atomic E-state index is -0.294. The van der Waals surface area contributed by atoms with E-state index >= 15 is 0 Å². The van der Waals surface area contributed by atoms with E-state index in [1.54, 1.807) is 42.6 Å². The maximum absolute atomic E-state index is 13.0. The van der Waals surface area contributed by atoms with Crippen LogP contribution in [0, 0.1) is 11.3 Å². The Morgan fingerprint density at radius 3 is 2.65 bits per heavy atom. The van der Waals surface area contributed by atoms with Gasteiger partial charge in [-0.1, -0.05) is 0 Å². The first-order valence-electron chi connectivity index (χ1n) is 8.22. The van der Waals surface area contributed by atoms with Crippen molar-refractivity contribution in [3.05, 3.63) is 54.5 Å². The molecule has 0 aliphatic rings. The van der Waals surface area contributed by atoms with Crippen molar-refractivity contribution in [3.63, 3.8) is 0 Å². The van der Waals surface area contributed by atoms with E-state index in [0.29, 0.717) is 23.5 Å². The Balaban J connectivity index is 1.92. The summed E-state index contributed by atoms with van der Waals surface area (Å²) in [4.78, 5) is 27.1. The number of anilines is 1. The fraction of sp³-hybridized carbons (Fsp3) is 0.211. The predicted molar refractivity (Wildman–Crippen MR) is 96.9 cm³/mol. The molecule has 1 aromatic carbocycles. The smallest absolute Gasteiger partial charge is 0.276 e. The lowest BCUT2D eigenvalue weighted by atomic mass is 10.2. The maximum atomic E-state index is 13.0. The quantitative estimate of drug-likeness (QED) is 0.681. The molecule has 3 aromatic rings. The average Bonchev–Trinajstić information content (AvgIpc) is 2.69. The number of pyridine rings is 1. The summed E-state index contributed by atoms with van der Waals surface area (Å²) in [5, 5.41) is 8.93. The standard InChI is InChI=1S/C19H17N5O2/c1-2-26-15-6-4-14(5-7-15)24(13-3-10-20)19(25)17-9-8-16-18(23-17)22-12-11-21-16/h4-9,11-12H,2-3,13H2,1H3. The number of aromatic nitrogens is 3. The number of fused-ring (bicyclic) bond motifs is 1. The first kappa shape index (κ1) is 17.3. The van der Waals surface area contributed by atoms with Gasteiger partial charge in [0, 0.05) is 24.6 Å². The second kappa shape index (κ2) is 8.03. The van der Waals surface area contributed by atoms with Gasteiger partial charge in [-0.2, -0.15) is 5.26 Å². The Hall–Kier alpha value is -3.53. The van der Waals surface area contributed by atoms with E-state index in [0.717, 1.165) is 5.75 Å². The molecule has 0 saturated carbocycles. The van der Waals surface area contributed by atoms with Crippen LogP contribution in [0.3, 0.4) is 0 Å². The summed E-state index contributed by atoms with van der Waals surface area (Å²) < 4.78 is 5.43. The summed E-state index contributed by atoms with van der Waals surface area (Å²) >= 11 is 0. The summed E-state index contributed by atoms with van der Waals surface area (Å²) in [5.74, 6) is 0.431. The summed E-state index contributed by atoms with van der Waals surface area (Å²) in [6.07, 6.45) is 3.32. The van der Waals surface area contributed by atoms with Crippen LogP contribution < -0.4 is 9.64 Å². The summed E-state index contributed by atoms with van der Waals surface area (Å²) in [6, 6.07) is 12.6. The highest BCUT2D eigenvalue weighted by molar-refractivity contribution is 6.05. The molecule has 0 N–H and O–H groups in total. The fourth-order valence-corrected chi connectivity index (χ4v) is 2.51. The molecular weight excluding hydrogens is 330 g/mol. The molecular formula is C19H17N5O2. The van der Waals surface area contributed by atoms with Crippen LogP contribution in [-0.4, -0.2) is 34.0 Å². The van der Waals surface area contributed by atoms with E-state index in [-0.39, 0.29) is 24.6 Å². The van der Waals surface area contributed by atoms with Gasteiger partial charge in [0.1, 0.15) is 17.0 Å². The molecule has 1 amide bonds. The third-order valence-corrected chi connectivity index (χ3v) is 3.70. The highest BCUT2D eigenvalue weighted by Gasteiger charge is 2.19. The van der Waals surface area contributed by atoms with Gasteiger partial charge in [-0.25, -0.2) is 9.97 Å². The lowest BCUT2D eigenvalue weighted by Gasteiger charge is -2.21. The maximum Gasteiger partial charge on any atom is 0.276 e. The third-order valence-electron chi connectivity index (χ3n) is 3.70. The Labute approximate surface area is 150 Å². The largest absolute Gasteiger partial charge is 0.494 e. The van der Waals surface area contributed by atoms with E-state index in [4.69, 9.17) is 10.00 Å². The third kappa shape index (κ3) is 3.75. The summed E-state index contributed by atoms with van der Waals surface area (Å²) in [5.41, 5.74) is 1.96. The molecule has 0 spiro atoms. The van der Waals surface area contributed by atoms with E-state index in [2.05, 4.69) is 21.0 Å². The van der Waals surface area contributed by atoms with Crippen LogP contribution in [0.25, 0.3) is 11.2 Å². The molecule has 0 aliphatic heterocycles.